The van der Waals surface area contributed by atoms with Gasteiger partial charge in [0.15, 0.2) is 5.82 Å². The van der Waals surface area contributed by atoms with Gasteiger partial charge in [-0.3, -0.25) is 5.10 Å². The zero-order valence-corrected chi connectivity index (χ0v) is 12.0. The number of fused-ring (bicyclic) bond motifs is 1. The molecule has 1 aliphatic rings. The summed E-state index contributed by atoms with van der Waals surface area (Å²) < 4.78 is 2.26. The van der Waals surface area contributed by atoms with Crippen LogP contribution in [-0.4, -0.2) is 24.7 Å². The van der Waals surface area contributed by atoms with Crippen LogP contribution in [0, 0.1) is 6.92 Å². The third kappa shape index (κ3) is 2.14. The van der Waals surface area contributed by atoms with E-state index >= 15 is 0 Å². The maximum absolute atomic E-state index is 4.60. The summed E-state index contributed by atoms with van der Waals surface area (Å²) in [6.45, 7) is 2.01. The van der Waals surface area contributed by atoms with Crippen molar-refractivity contribution in [1.82, 2.24) is 24.7 Å². The summed E-state index contributed by atoms with van der Waals surface area (Å²) in [4.78, 5) is 9.12. The lowest BCUT2D eigenvalue weighted by atomic mass is 9.93. The predicted octanol–water partition coefficient (Wildman–Crippen LogP) is 2.71. The summed E-state index contributed by atoms with van der Waals surface area (Å²) in [5, 5.41) is 7.27. The third-order valence-electron chi connectivity index (χ3n) is 4.17. The highest BCUT2D eigenvalue weighted by atomic mass is 15.1. The van der Waals surface area contributed by atoms with E-state index in [1.54, 1.807) is 0 Å². The van der Waals surface area contributed by atoms with Crippen LogP contribution in [0.1, 0.15) is 29.4 Å². The molecule has 4 rings (SSSR count). The maximum atomic E-state index is 4.60. The molecule has 0 fully saturated rings. The highest BCUT2D eigenvalue weighted by Crippen LogP contribution is 2.30. The molecule has 3 aromatic rings. The van der Waals surface area contributed by atoms with Gasteiger partial charge in [-0.1, -0.05) is 6.07 Å². The summed E-state index contributed by atoms with van der Waals surface area (Å²) in [5.41, 5.74) is 4.56. The minimum absolute atomic E-state index is 0.415. The quantitative estimate of drug-likeness (QED) is 0.784. The lowest BCUT2D eigenvalue weighted by molar-refractivity contribution is 0.441. The number of imidazole rings is 1. The maximum Gasteiger partial charge on any atom is 0.158 e. The molecule has 1 N–H and O–H groups in total. The van der Waals surface area contributed by atoms with Crippen LogP contribution in [0.5, 0.6) is 0 Å². The average Bonchev–Trinajstić information content (AvgIpc) is 3.15. The number of H-pyrrole nitrogens is 1. The minimum atomic E-state index is 0.415. The Kier molecular flexibility index (Phi) is 2.84. The van der Waals surface area contributed by atoms with Crippen molar-refractivity contribution in [1.29, 1.82) is 0 Å². The second kappa shape index (κ2) is 4.84. The number of nitrogens with zero attached hydrogens (tertiary/aromatic N) is 4. The van der Waals surface area contributed by atoms with Crippen molar-refractivity contribution in [2.75, 3.05) is 0 Å². The zero-order valence-electron chi connectivity index (χ0n) is 12.0. The van der Waals surface area contributed by atoms with Crippen LogP contribution < -0.4 is 0 Å². The fraction of sp³-hybridized carbons (Fsp3) is 0.312. The number of aryl methyl sites for hydroxylation is 2. The van der Waals surface area contributed by atoms with Gasteiger partial charge in [-0.25, -0.2) is 9.97 Å². The van der Waals surface area contributed by atoms with Gasteiger partial charge < -0.3 is 4.57 Å². The summed E-state index contributed by atoms with van der Waals surface area (Å²) in [6.07, 6.45) is 9.03. The summed E-state index contributed by atoms with van der Waals surface area (Å²) in [5.74, 6) is 0.951. The fourth-order valence-corrected chi connectivity index (χ4v) is 3.10. The van der Waals surface area contributed by atoms with Gasteiger partial charge in [0.25, 0.3) is 0 Å². The van der Waals surface area contributed by atoms with E-state index in [1.807, 2.05) is 37.5 Å². The molecule has 106 valence electrons. The molecule has 1 atom stereocenters. The van der Waals surface area contributed by atoms with Crippen molar-refractivity contribution >= 4 is 0 Å². The van der Waals surface area contributed by atoms with Crippen molar-refractivity contribution < 1.29 is 0 Å². The molecule has 0 saturated heterocycles. The molecule has 0 amide bonds. The van der Waals surface area contributed by atoms with Crippen LogP contribution in [0.4, 0.5) is 0 Å². The Morgan fingerprint density at radius 2 is 2.29 bits per heavy atom. The Balaban J connectivity index is 1.70. The number of aromatic nitrogens is 5. The topological polar surface area (TPSA) is 59.4 Å². The Morgan fingerprint density at radius 3 is 3.19 bits per heavy atom. The lowest BCUT2D eigenvalue weighted by Gasteiger charge is -2.24. The normalized spacial score (nSPS) is 17.7. The molecule has 0 aliphatic heterocycles. The number of hydrogen-bond acceptors (Lipinski definition) is 3. The van der Waals surface area contributed by atoms with E-state index in [2.05, 4.69) is 30.9 Å². The smallest absolute Gasteiger partial charge is 0.158 e. The van der Waals surface area contributed by atoms with Gasteiger partial charge in [-0.05, 0) is 37.5 Å². The van der Waals surface area contributed by atoms with Crippen molar-refractivity contribution in [3.8, 4) is 11.5 Å². The first-order valence-corrected chi connectivity index (χ1v) is 7.29. The molecule has 0 aromatic carbocycles. The SMILES string of the molecule is Cc1cccc(-c2nccn2C2CCc3cn[nH]c3C2)n1. The Bertz CT molecular complexity index is 770. The second-order valence-electron chi connectivity index (χ2n) is 5.59. The van der Waals surface area contributed by atoms with Crippen LogP contribution in [-0.2, 0) is 12.8 Å². The molecule has 0 bridgehead atoms. The monoisotopic (exact) mass is 279 g/mol. The van der Waals surface area contributed by atoms with Crippen molar-refractivity contribution in [2.24, 2.45) is 0 Å². The Labute approximate surface area is 123 Å². The van der Waals surface area contributed by atoms with Gasteiger partial charge in [-0.2, -0.15) is 5.10 Å². The number of aromatic amines is 1. The standard InChI is InChI=1S/C16H17N5/c1-11-3-2-4-14(19-11)16-17-7-8-21(16)13-6-5-12-10-18-20-15(12)9-13/h2-4,7-8,10,13H,5-6,9H2,1H3,(H,18,20). The fourth-order valence-electron chi connectivity index (χ4n) is 3.10. The highest BCUT2D eigenvalue weighted by Gasteiger charge is 2.23. The van der Waals surface area contributed by atoms with E-state index in [0.29, 0.717) is 6.04 Å². The van der Waals surface area contributed by atoms with Crippen LogP contribution in [0.15, 0.2) is 36.8 Å². The van der Waals surface area contributed by atoms with Crippen LogP contribution in [0.2, 0.25) is 0 Å². The lowest BCUT2D eigenvalue weighted by Crippen LogP contribution is -2.18. The van der Waals surface area contributed by atoms with Gasteiger partial charge in [0.2, 0.25) is 0 Å². The minimum Gasteiger partial charge on any atom is -0.326 e. The van der Waals surface area contributed by atoms with Crippen molar-refractivity contribution in [3.05, 3.63) is 53.7 Å². The molecular weight excluding hydrogens is 262 g/mol. The van der Waals surface area contributed by atoms with E-state index in [-0.39, 0.29) is 0 Å². The summed E-state index contributed by atoms with van der Waals surface area (Å²) in [6, 6.07) is 6.48. The first-order chi connectivity index (χ1) is 10.3. The number of pyridine rings is 1. The Morgan fingerprint density at radius 1 is 1.33 bits per heavy atom. The van der Waals surface area contributed by atoms with Crippen LogP contribution >= 0.6 is 0 Å². The van der Waals surface area contributed by atoms with E-state index in [0.717, 1.165) is 36.5 Å². The zero-order chi connectivity index (χ0) is 14.2. The first kappa shape index (κ1) is 12.3. The molecule has 3 heterocycles. The molecule has 1 aliphatic carbocycles. The molecule has 3 aromatic heterocycles. The van der Waals surface area contributed by atoms with Crippen LogP contribution in [0.25, 0.3) is 11.5 Å². The van der Waals surface area contributed by atoms with Gasteiger partial charge in [0.05, 0.1) is 6.20 Å². The molecule has 21 heavy (non-hydrogen) atoms. The number of hydrogen-bond donors (Lipinski definition) is 1. The van der Waals surface area contributed by atoms with E-state index in [1.165, 1.54) is 11.3 Å². The molecule has 0 spiro atoms. The largest absolute Gasteiger partial charge is 0.326 e. The molecule has 1 unspecified atom stereocenters. The molecule has 0 radical (unpaired) electrons. The predicted molar refractivity (Wildman–Crippen MR) is 79.8 cm³/mol. The second-order valence-corrected chi connectivity index (χ2v) is 5.59. The highest BCUT2D eigenvalue weighted by molar-refractivity contribution is 5.50. The van der Waals surface area contributed by atoms with E-state index in [4.69, 9.17) is 0 Å². The average molecular weight is 279 g/mol. The Hall–Kier alpha value is -2.43. The van der Waals surface area contributed by atoms with Gasteiger partial charge in [0.1, 0.15) is 5.69 Å². The van der Waals surface area contributed by atoms with Crippen molar-refractivity contribution in [3.63, 3.8) is 0 Å². The summed E-state index contributed by atoms with van der Waals surface area (Å²) >= 11 is 0. The number of rotatable bonds is 2. The van der Waals surface area contributed by atoms with Crippen molar-refractivity contribution in [2.45, 2.75) is 32.2 Å². The first-order valence-electron chi connectivity index (χ1n) is 7.29. The molecule has 5 nitrogen and oxygen atoms in total. The van der Waals surface area contributed by atoms with E-state index < -0.39 is 0 Å². The van der Waals surface area contributed by atoms with Crippen LogP contribution in [0.3, 0.4) is 0 Å². The molecule has 0 saturated carbocycles. The third-order valence-corrected chi connectivity index (χ3v) is 4.17. The molecular formula is C16H17N5. The van der Waals surface area contributed by atoms with Gasteiger partial charge in [-0.15, -0.1) is 0 Å². The summed E-state index contributed by atoms with van der Waals surface area (Å²) in [7, 11) is 0. The van der Waals surface area contributed by atoms with Gasteiger partial charge >= 0.3 is 0 Å². The number of nitrogens with one attached hydrogen (secondary N) is 1. The van der Waals surface area contributed by atoms with Gasteiger partial charge in [0, 0.05) is 36.2 Å². The molecule has 5 heteroatoms. The van der Waals surface area contributed by atoms with E-state index in [9.17, 15) is 0 Å².